The molecule has 0 atom stereocenters. The molecule has 180 valence electrons. The molecule has 1 aliphatic heterocycles. The Labute approximate surface area is 204 Å². The summed E-state index contributed by atoms with van der Waals surface area (Å²) in [6.07, 6.45) is 2.75. The van der Waals surface area contributed by atoms with Crippen LogP contribution in [0, 0.1) is 6.92 Å². The van der Waals surface area contributed by atoms with Crippen molar-refractivity contribution in [2.24, 2.45) is 0 Å². The minimum Gasteiger partial charge on any atom is -0.497 e. The van der Waals surface area contributed by atoms with E-state index in [-0.39, 0.29) is 5.41 Å². The summed E-state index contributed by atoms with van der Waals surface area (Å²) >= 11 is 0. The van der Waals surface area contributed by atoms with Gasteiger partial charge in [-0.3, -0.25) is 4.98 Å². The third-order valence-electron chi connectivity index (χ3n) is 6.57. The number of piperazine rings is 1. The van der Waals surface area contributed by atoms with Crippen molar-refractivity contribution in [2.45, 2.75) is 46.5 Å². The molecule has 4 rings (SSSR count). The number of anilines is 4. The van der Waals surface area contributed by atoms with E-state index in [4.69, 9.17) is 14.7 Å². The van der Waals surface area contributed by atoms with Gasteiger partial charge in [0.1, 0.15) is 11.6 Å². The van der Waals surface area contributed by atoms with Crippen LogP contribution < -0.4 is 19.9 Å². The number of hydrogen-bond acceptors (Lipinski definition) is 6. The minimum atomic E-state index is 0.0921. The zero-order valence-electron chi connectivity index (χ0n) is 21.4. The number of ether oxygens (including phenoxy) is 1. The van der Waals surface area contributed by atoms with Crippen LogP contribution in [0.5, 0.6) is 5.75 Å². The molecule has 1 N–H and O–H groups in total. The first-order chi connectivity index (χ1) is 16.3. The van der Waals surface area contributed by atoms with E-state index in [0.717, 1.165) is 61.4 Å². The number of rotatable bonds is 6. The lowest BCUT2D eigenvalue weighted by molar-refractivity contribution is 0.415. The molecule has 2 heterocycles. The van der Waals surface area contributed by atoms with Crippen LogP contribution in [0.2, 0.25) is 0 Å². The van der Waals surface area contributed by atoms with Crippen molar-refractivity contribution in [3.05, 3.63) is 65.5 Å². The fourth-order valence-electron chi connectivity index (χ4n) is 4.25. The first-order valence-corrected chi connectivity index (χ1v) is 12.2. The predicted molar refractivity (Wildman–Crippen MR) is 142 cm³/mol. The molecule has 2 aromatic carbocycles. The van der Waals surface area contributed by atoms with Gasteiger partial charge in [-0.2, -0.15) is 0 Å². The number of aromatic nitrogens is 2. The predicted octanol–water partition coefficient (Wildman–Crippen LogP) is 5.72. The van der Waals surface area contributed by atoms with Crippen LogP contribution in [-0.4, -0.2) is 43.3 Å². The summed E-state index contributed by atoms with van der Waals surface area (Å²) in [5, 5.41) is 3.61. The molecular weight excluding hydrogens is 422 g/mol. The van der Waals surface area contributed by atoms with E-state index < -0.39 is 0 Å². The maximum atomic E-state index is 5.29. The Bertz CT molecular complexity index is 1110. The van der Waals surface area contributed by atoms with Crippen molar-refractivity contribution in [1.29, 1.82) is 0 Å². The zero-order valence-corrected chi connectivity index (χ0v) is 21.4. The van der Waals surface area contributed by atoms with Crippen molar-refractivity contribution in [1.82, 2.24) is 9.97 Å². The first kappa shape index (κ1) is 23.9. The number of benzene rings is 2. The van der Waals surface area contributed by atoms with Gasteiger partial charge in [0, 0.05) is 37.6 Å². The molecule has 0 amide bonds. The molecule has 1 aliphatic rings. The second kappa shape index (κ2) is 9.92. The van der Waals surface area contributed by atoms with Gasteiger partial charge >= 0.3 is 0 Å². The summed E-state index contributed by atoms with van der Waals surface area (Å²) in [4.78, 5) is 14.5. The molecule has 0 unspecified atom stereocenters. The lowest BCUT2D eigenvalue weighted by atomic mass is 9.86. The standard InChI is InChI=1S/C28H37N5O/c1-7-24-27(30-25-18-21(28(3,4)5)9-8-20(25)2)31-26(19-29-24)33-16-14-32(15-17-33)22-10-12-23(34-6)13-11-22/h8-13,18-19H,7,14-17H2,1-6H3,(H,30,31). The first-order valence-electron chi connectivity index (χ1n) is 12.2. The van der Waals surface area contributed by atoms with Gasteiger partial charge in [0.25, 0.3) is 0 Å². The fraction of sp³-hybridized carbons (Fsp3) is 0.429. The number of hydrogen-bond donors (Lipinski definition) is 1. The average molecular weight is 460 g/mol. The molecule has 6 heteroatoms. The van der Waals surface area contributed by atoms with Gasteiger partial charge in [0.2, 0.25) is 0 Å². The molecule has 0 aliphatic carbocycles. The lowest BCUT2D eigenvalue weighted by Crippen LogP contribution is -2.46. The molecule has 0 spiro atoms. The Hall–Kier alpha value is -3.28. The van der Waals surface area contributed by atoms with Crippen molar-refractivity contribution in [3.63, 3.8) is 0 Å². The smallest absolute Gasteiger partial charge is 0.154 e. The second-order valence-electron chi connectivity index (χ2n) is 9.95. The molecule has 6 nitrogen and oxygen atoms in total. The second-order valence-corrected chi connectivity index (χ2v) is 9.95. The molecular formula is C28H37N5O. The van der Waals surface area contributed by atoms with E-state index in [1.807, 2.05) is 18.3 Å². The van der Waals surface area contributed by atoms with Gasteiger partial charge in [-0.15, -0.1) is 0 Å². The summed E-state index contributed by atoms with van der Waals surface area (Å²) in [6.45, 7) is 14.7. The maximum absolute atomic E-state index is 5.29. The zero-order chi connectivity index (χ0) is 24.3. The lowest BCUT2D eigenvalue weighted by Gasteiger charge is -2.36. The van der Waals surface area contributed by atoms with E-state index in [2.05, 4.69) is 80.1 Å². The number of aryl methyl sites for hydroxylation is 2. The molecule has 0 radical (unpaired) electrons. The average Bonchev–Trinajstić information content (AvgIpc) is 2.85. The summed E-state index contributed by atoms with van der Waals surface area (Å²) in [5.74, 6) is 2.67. The highest BCUT2D eigenvalue weighted by Gasteiger charge is 2.21. The third-order valence-corrected chi connectivity index (χ3v) is 6.57. The van der Waals surface area contributed by atoms with Crippen LogP contribution >= 0.6 is 0 Å². The SMILES string of the molecule is CCc1ncc(N2CCN(c3ccc(OC)cc3)CC2)nc1Nc1cc(C(C)(C)C)ccc1C. The molecule has 0 bridgehead atoms. The van der Waals surface area contributed by atoms with Gasteiger partial charge in [0.05, 0.1) is 19.0 Å². The molecule has 1 saturated heterocycles. The summed E-state index contributed by atoms with van der Waals surface area (Å²) in [5.41, 5.74) is 5.91. The molecule has 1 fully saturated rings. The van der Waals surface area contributed by atoms with E-state index in [1.54, 1.807) is 7.11 Å². The van der Waals surface area contributed by atoms with E-state index >= 15 is 0 Å². The van der Waals surface area contributed by atoms with Gasteiger partial charge < -0.3 is 19.9 Å². The Morgan fingerprint density at radius 3 is 2.26 bits per heavy atom. The van der Waals surface area contributed by atoms with Crippen molar-refractivity contribution >= 4 is 23.0 Å². The Kier molecular flexibility index (Phi) is 6.96. The van der Waals surface area contributed by atoms with Gasteiger partial charge in [-0.1, -0.05) is 39.8 Å². The maximum Gasteiger partial charge on any atom is 0.154 e. The number of nitrogens with zero attached hydrogens (tertiary/aromatic N) is 4. The van der Waals surface area contributed by atoms with Crippen molar-refractivity contribution in [2.75, 3.05) is 48.4 Å². The van der Waals surface area contributed by atoms with Gasteiger partial charge in [-0.25, -0.2) is 4.98 Å². The number of nitrogens with one attached hydrogen (secondary N) is 1. The Balaban J connectivity index is 1.51. The summed E-state index contributed by atoms with van der Waals surface area (Å²) in [7, 11) is 1.70. The fourth-order valence-corrected chi connectivity index (χ4v) is 4.25. The van der Waals surface area contributed by atoms with Crippen LogP contribution in [0.25, 0.3) is 0 Å². The third kappa shape index (κ3) is 5.27. The topological polar surface area (TPSA) is 53.5 Å². The summed E-state index contributed by atoms with van der Waals surface area (Å²) in [6, 6.07) is 14.9. The molecule has 3 aromatic rings. The van der Waals surface area contributed by atoms with Crippen molar-refractivity contribution < 1.29 is 4.74 Å². The monoisotopic (exact) mass is 459 g/mol. The Morgan fingerprint density at radius 2 is 1.65 bits per heavy atom. The molecule has 0 saturated carbocycles. The largest absolute Gasteiger partial charge is 0.497 e. The van der Waals surface area contributed by atoms with E-state index in [9.17, 15) is 0 Å². The van der Waals surface area contributed by atoms with Gasteiger partial charge in [0.15, 0.2) is 5.82 Å². The van der Waals surface area contributed by atoms with Crippen LogP contribution in [0.1, 0.15) is 44.5 Å². The van der Waals surface area contributed by atoms with Crippen LogP contribution in [0.3, 0.4) is 0 Å². The quantitative estimate of drug-likeness (QED) is 0.509. The highest BCUT2D eigenvalue weighted by Crippen LogP contribution is 2.30. The van der Waals surface area contributed by atoms with Crippen LogP contribution in [0.4, 0.5) is 23.0 Å². The van der Waals surface area contributed by atoms with Crippen LogP contribution in [0.15, 0.2) is 48.7 Å². The minimum absolute atomic E-state index is 0.0921. The highest BCUT2D eigenvalue weighted by molar-refractivity contribution is 5.65. The Morgan fingerprint density at radius 1 is 0.971 bits per heavy atom. The number of methoxy groups -OCH3 is 1. The normalized spacial score (nSPS) is 14.3. The molecule has 1 aromatic heterocycles. The van der Waals surface area contributed by atoms with Gasteiger partial charge in [-0.05, 0) is 60.2 Å². The summed E-state index contributed by atoms with van der Waals surface area (Å²) < 4.78 is 5.29. The highest BCUT2D eigenvalue weighted by atomic mass is 16.5. The van der Waals surface area contributed by atoms with Crippen molar-refractivity contribution in [3.8, 4) is 5.75 Å². The molecule has 34 heavy (non-hydrogen) atoms. The van der Waals surface area contributed by atoms with E-state index in [0.29, 0.717) is 0 Å². The van der Waals surface area contributed by atoms with E-state index in [1.165, 1.54) is 16.8 Å². The van der Waals surface area contributed by atoms with Crippen LogP contribution in [-0.2, 0) is 11.8 Å².